The molecule has 0 aliphatic rings. The number of methoxy groups -OCH3 is 1. The van der Waals surface area contributed by atoms with Gasteiger partial charge in [-0.1, -0.05) is 28.7 Å². The molecule has 0 saturated heterocycles. The highest BCUT2D eigenvalue weighted by atomic mass is 127. The number of hydrogen-bond donors (Lipinski definition) is 2. The van der Waals surface area contributed by atoms with Crippen LogP contribution in [0.2, 0.25) is 0 Å². The molecule has 0 fully saturated rings. The van der Waals surface area contributed by atoms with Crippen molar-refractivity contribution in [2.75, 3.05) is 13.7 Å². The molecule has 1 aromatic rings. The standard InChI is InChI=1S/C10H11IN2O4/c1-17-10(16)6(11)5-12-9(15)7-3-2-4-8(14)13-7/h2-4,6H,5H2,1H3,(H,12,15)(H,13,14). The van der Waals surface area contributed by atoms with E-state index in [0.717, 1.165) is 0 Å². The van der Waals surface area contributed by atoms with E-state index in [2.05, 4.69) is 15.0 Å². The first-order chi connectivity index (χ1) is 8.04. The van der Waals surface area contributed by atoms with E-state index in [4.69, 9.17) is 0 Å². The van der Waals surface area contributed by atoms with Gasteiger partial charge in [-0.25, -0.2) is 0 Å². The molecule has 1 aromatic heterocycles. The largest absolute Gasteiger partial charge is 0.468 e. The van der Waals surface area contributed by atoms with Crippen LogP contribution in [-0.4, -0.2) is 34.4 Å². The molecule has 0 bridgehead atoms. The Morgan fingerprint density at radius 3 is 2.82 bits per heavy atom. The van der Waals surface area contributed by atoms with E-state index in [0.29, 0.717) is 0 Å². The van der Waals surface area contributed by atoms with Crippen molar-refractivity contribution in [2.45, 2.75) is 3.92 Å². The Labute approximate surface area is 111 Å². The van der Waals surface area contributed by atoms with Gasteiger partial charge in [0, 0.05) is 12.6 Å². The fourth-order valence-corrected chi connectivity index (χ4v) is 1.54. The summed E-state index contributed by atoms with van der Waals surface area (Å²) >= 11 is 1.87. The van der Waals surface area contributed by atoms with Gasteiger partial charge in [-0.2, -0.15) is 0 Å². The predicted molar refractivity (Wildman–Crippen MR) is 69.2 cm³/mol. The van der Waals surface area contributed by atoms with Gasteiger partial charge in [0.25, 0.3) is 5.91 Å². The molecule has 1 atom stereocenters. The van der Waals surface area contributed by atoms with E-state index in [1.54, 1.807) is 0 Å². The van der Waals surface area contributed by atoms with Gasteiger partial charge < -0.3 is 15.0 Å². The smallest absolute Gasteiger partial charge is 0.320 e. The minimum Gasteiger partial charge on any atom is -0.468 e. The molecule has 17 heavy (non-hydrogen) atoms. The molecule has 0 spiro atoms. The van der Waals surface area contributed by atoms with E-state index < -0.39 is 15.8 Å². The molecule has 1 heterocycles. The number of carbonyl (C=O) groups excluding carboxylic acids is 2. The average Bonchev–Trinajstić information content (AvgIpc) is 2.34. The van der Waals surface area contributed by atoms with Gasteiger partial charge in [-0.05, 0) is 6.07 Å². The van der Waals surface area contributed by atoms with Crippen LogP contribution in [0.3, 0.4) is 0 Å². The number of amides is 1. The molecular formula is C10H11IN2O4. The minimum atomic E-state index is -0.461. The van der Waals surface area contributed by atoms with Crippen molar-refractivity contribution in [3.8, 4) is 0 Å². The molecule has 0 radical (unpaired) electrons. The van der Waals surface area contributed by atoms with Gasteiger partial charge >= 0.3 is 5.97 Å². The molecule has 2 N–H and O–H groups in total. The van der Waals surface area contributed by atoms with Crippen LogP contribution in [-0.2, 0) is 9.53 Å². The lowest BCUT2D eigenvalue weighted by molar-refractivity contribution is -0.139. The number of alkyl halides is 1. The molecule has 0 aliphatic heterocycles. The third-order valence-corrected chi connectivity index (χ3v) is 2.86. The van der Waals surface area contributed by atoms with Crippen LogP contribution in [0, 0.1) is 0 Å². The molecule has 7 heteroatoms. The Hall–Kier alpha value is -1.38. The highest BCUT2D eigenvalue weighted by Crippen LogP contribution is 2.01. The number of pyridine rings is 1. The van der Waals surface area contributed by atoms with Gasteiger partial charge in [0.1, 0.15) is 9.62 Å². The van der Waals surface area contributed by atoms with Crippen LogP contribution in [0.1, 0.15) is 10.5 Å². The van der Waals surface area contributed by atoms with Gasteiger partial charge in [-0.3, -0.25) is 14.4 Å². The zero-order valence-corrected chi connectivity index (χ0v) is 11.2. The van der Waals surface area contributed by atoms with Crippen LogP contribution >= 0.6 is 22.6 Å². The quantitative estimate of drug-likeness (QED) is 0.457. The number of nitrogens with one attached hydrogen (secondary N) is 2. The predicted octanol–water partition coefficient (Wildman–Crippen LogP) is 0.0813. The Morgan fingerprint density at radius 1 is 1.53 bits per heavy atom. The Bertz CT molecular complexity index is 471. The minimum absolute atomic E-state index is 0.142. The lowest BCUT2D eigenvalue weighted by Crippen LogP contribution is -2.34. The third-order valence-electron chi connectivity index (χ3n) is 1.91. The topological polar surface area (TPSA) is 88.3 Å². The number of carbonyl (C=O) groups is 2. The maximum atomic E-state index is 11.6. The second-order valence-electron chi connectivity index (χ2n) is 3.13. The van der Waals surface area contributed by atoms with Gasteiger partial charge in [0.15, 0.2) is 0 Å². The lowest BCUT2D eigenvalue weighted by atomic mass is 10.3. The van der Waals surface area contributed by atoms with Crippen LogP contribution < -0.4 is 10.9 Å². The van der Waals surface area contributed by atoms with E-state index in [-0.39, 0.29) is 17.8 Å². The number of rotatable bonds is 4. The molecule has 6 nitrogen and oxygen atoms in total. The van der Waals surface area contributed by atoms with Crippen molar-refractivity contribution in [2.24, 2.45) is 0 Å². The summed E-state index contributed by atoms with van der Waals surface area (Å²) in [6, 6.07) is 4.28. The van der Waals surface area contributed by atoms with E-state index in [1.807, 2.05) is 22.6 Å². The van der Waals surface area contributed by atoms with Crippen molar-refractivity contribution >= 4 is 34.5 Å². The monoisotopic (exact) mass is 350 g/mol. The molecule has 0 aliphatic carbocycles. The van der Waals surface area contributed by atoms with Crippen molar-refractivity contribution < 1.29 is 14.3 Å². The molecule has 1 unspecified atom stereocenters. The number of hydrogen-bond acceptors (Lipinski definition) is 4. The highest BCUT2D eigenvalue weighted by Gasteiger charge is 2.16. The summed E-state index contributed by atoms with van der Waals surface area (Å²) in [6.45, 7) is 0.142. The number of halogens is 1. The molecule has 92 valence electrons. The first kappa shape index (κ1) is 13.7. The normalized spacial score (nSPS) is 11.6. The summed E-state index contributed by atoms with van der Waals surface area (Å²) in [7, 11) is 1.28. The summed E-state index contributed by atoms with van der Waals surface area (Å²) in [5.41, 5.74) is -0.192. The van der Waals surface area contributed by atoms with Gasteiger partial charge in [0.05, 0.1) is 7.11 Å². The second-order valence-corrected chi connectivity index (χ2v) is 4.63. The van der Waals surface area contributed by atoms with Crippen LogP contribution in [0.25, 0.3) is 0 Å². The Morgan fingerprint density at radius 2 is 2.24 bits per heavy atom. The molecule has 1 rings (SSSR count). The van der Waals surface area contributed by atoms with Crippen LogP contribution in [0.15, 0.2) is 23.0 Å². The second kappa shape index (κ2) is 6.38. The fourth-order valence-electron chi connectivity index (χ4n) is 1.07. The first-order valence-corrected chi connectivity index (χ1v) is 5.98. The number of esters is 1. The molecular weight excluding hydrogens is 339 g/mol. The zero-order valence-electron chi connectivity index (χ0n) is 9.03. The molecule has 1 amide bonds. The fraction of sp³-hybridized carbons (Fsp3) is 0.300. The summed E-state index contributed by atoms with van der Waals surface area (Å²) in [4.78, 5) is 36.0. The summed E-state index contributed by atoms with van der Waals surface area (Å²) in [6.07, 6.45) is 0. The number of H-pyrrole nitrogens is 1. The zero-order chi connectivity index (χ0) is 12.8. The van der Waals surface area contributed by atoms with Crippen LogP contribution in [0.4, 0.5) is 0 Å². The summed E-state index contributed by atoms with van der Waals surface area (Å²) in [5.74, 6) is -0.847. The maximum Gasteiger partial charge on any atom is 0.320 e. The summed E-state index contributed by atoms with van der Waals surface area (Å²) < 4.78 is 4.05. The van der Waals surface area contributed by atoms with Gasteiger partial charge in [0.2, 0.25) is 5.56 Å². The van der Waals surface area contributed by atoms with E-state index >= 15 is 0 Å². The number of aromatic amines is 1. The first-order valence-electron chi connectivity index (χ1n) is 4.74. The Kier molecular flexibility index (Phi) is 5.13. The van der Waals surface area contributed by atoms with E-state index in [1.165, 1.54) is 25.3 Å². The van der Waals surface area contributed by atoms with E-state index in [9.17, 15) is 14.4 Å². The van der Waals surface area contributed by atoms with Crippen LogP contribution in [0.5, 0.6) is 0 Å². The van der Waals surface area contributed by atoms with Crippen molar-refractivity contribution in [1.82, 2.24) is 10.3 Å². The average molecular weight is 350 g/mol. The number of aromatic nitrogens is 1. The number of ether oxygens (including phenoxy) is 1. The van der Waals surface area contributed by atoms with Crippen molar-refractivity contribution in [1.29, 1.82) is 0 Å². The highest BCUT2D eigenvalue weighted by molar-refractivity contribution is 14.1. The van der Waals surface area contributed by atoms with Gasteiger partial charge in [-0.15, -0.1) is 0 Å². The SMILES string of the molecule is COC(=O)C(I)CNC(=O)c1cccc(=O)[nH]1. The van der Waals surface area contributed by atoms with Crippen molar-refractivity contribution in [3.63, 3.8) is 0 Å². The maximum absolute atomic E-state index is 11.6. The third kappa shape index (κ3) is 4.17. The summed E-state index contributed by atoms with van der Waals surface area (Å²) in [5, 5.41) is 2.52. The Balaban J connectivity index is 2.56. The van der Waals surface area contributed by atoms with Crippen molar-refractivity contribution in [3.05, 3.63) is 34.2 Å². The lowest BCUT2D eigenvalue weighted by Gasteiger charge is -2.08. The molecule has 0 saturated carbocycles. The molecule has 0 aromatic carbocycles.